The first-order chi connectivity index (χ1) is 16.1. The van der Waals surface area contributed by atoms with Crippen molar-refractivity contribution in [3.8, 4) is 17.6 Å². The van der Waals surface area contributed by atoms with Crippen LogP contribution in [0.5, 0.6) is 11.5 Å². The van der Waals surface area contributed by atoms with Gasteiger partial charge in [0.15, 0.2) is 27.8 Å². The van der Waals surface area contributed by atoms with Gasteiger partial charge in [0.1, 0.15) is 24.8 Å². The molecule has 4 heterocycles. The highest BCUT2D eigenvalue weighted by Gasteiger charge is 2.20. The zero-order chi connectivity index (χ0) is 22.8. The Morgan fingerprint density at radius 1 is 1.27 bits per heavy atom. The Labute approximate surface area is 194 Å². The number of carbonyl (C=O) groups excluding carboxylic acids is 1. The highest BCUT2D eigenvalue weighted by molar-refractivity contribution is 7.99. The molecule has 0 spiro atoms. The van der Waals surface area contributed by atoms with Crippen LogP contribution < -0.4 is 15.0 Å². The number of carbonyl (C=O) groups is 1. The fraction of sp³-hybridized carbons (Fsp3) is 0.409. The van der Waals surface area contributed by atoms with Crippen LogP contribution in [0.25, 0.3) is 11.2 Å². The third kappa shape index (κ3) is 4.39. The maximum absolute atomic E-state index is 10.9. The number of aromatic nitrogens is 4. The highest BCUT2D eigenvalue weighted by Crippen LogP contribution is 2.39. The van der Waals surface area contributed by atoms with Crippen molar-refractivity contribution in [3.05, 3.63) is 29.5 Å². The number of imidazole rings is 1. The Kier molecular flexibility index (Phi) is 5.92. The molecule has 0 aliphatic carbocycles. The number of fused-ring (bicyclic) bond motifs is 2. The second-order valence-electron chi connectivity index (χ2n) is 8.11. The third-order valence-electron chi connectivity index (χ3n) is 6.05. The molecule has 3 aromatic rings. The van der Waals surface area contributed by atoms with E-state index in [1.165, 1.54) is 11.8 Å². The lowest BCUT2D eigenvalue weighted by Crippen LogP contribution is -2.32. The molecule has 2 N–H and O–H groups in total. The topological polar surface area (TPSA) is 133 Å². The van der Waals surface area contributed by atoms with Crippen LogP contribution >= 0.6 is 11.8 Å². The summed E-state index contributed by atoms with van der Waals surface area (Å²) < 4.78 is 13.2. The number of hydrogen-bond acceptors (Lipinski definition) is 8. The van der Waals surface area contributed by atoms with Crippen LogP contribution in [0.15, 0.2) is 28.5 Å². The molecular formula is C22H23N7O3S. The molecule has 0 saturated carbocycles. The smallest absolute Gasteiger partial charge is 0.209 e. The molecule has 2 aliphatic heterocycles. The van der Waals surface area contributed by atoms with E-state index >= 15 is 0 Å². The summed E-state index contributed by atoms with van der Waals surface area (Å²) in [7, 11) is 0. The van der Waals surface area contributed by atoms with Crippen molar-refractivity contribution in [2.24, 2.45) is 5.92 Å². The van der Waals surface area contributed by atoms with Crippen molar-refractivity contribution in [1.29, 1.82) is 10.7 Å². The molecule has 0 atom stereocenters. The fourth-order valence-electron chi connectivity index (χ4n) is 4.19. The summed E-state index contributed by atoms with van der Waals surface area (Å²) in [4.78, 5) is 25.6. The second kappa shape index (κ2) is 9.15. The van der Waals surface area contributed by atoms with Crippen molar-refractivity contribution in [1.82, 2.24) is 24.4 Å². The first-order valence-corrected chi connectivity index (χ1v) is 11.7. The quantitative estimate of drug-likeness (QED) is 0.534. The first-order valence-electron chi connectivity index (χ1n) is 10.9. The minimum atomic E-state index is 0.127. The van der Waals surface area contributed by atoms with E-state index in [1.54, 1.807) is 18.5 Å². The van der Waals surface area contributed by atoms with Gasteiger partial charge in [0.2, 0.25) is 6.41 Å². The largest absolute Gasteiger partial charge is 0.486 e. The van der Waals surface area contributed by atoms with Gasteiger partial charge in [-0.15, -0.1) is 0 Å². The molecule has 2 aromatic heterocycles. The Bertz CT molecular complexity index is 1290. The number of piperidine rings is 1. The molecule has 0 radical (unpaired) electrons. The average Bonchev–Trinajstić information content (AvgIpc) is 3.28. The monoisotopic (exact) mass is 465 g/mol. The van der Waals surface area contributed by atoms with E-state index in [-0.39, 0.29) is 5.49 Å². The summed E-state index contributed by atoms with van der Waals surface area (Å²) >= 11 is 1.32. The van der Waals surface area contributed by atoms with Gasteiger partial charge in [-0.3, -0.25) is 10.2 Å². The minimum Gasteiger partial charge on any atom is -0.486 e. The van der Waals surface area contributed by atoms with Crippen LogP contribution in [0, 0.1) is 22.7 Å². The predicted molar refractivity (Wildman–Crippen MR) is 119 cm³/mol. The van der Waals surface area contributed by atoms with Gasteiger partial charge in [0.05, 0.1) is 11.9 Å². The van der Waals surface area contributed by atoms with E-state index in [4.69, 9.17) is 19.9 Å². The second-order valence-corrected chi connectivity index (χ2v) is 9.14. The molecule has 1 aromatic carbocycles. The zero-order valence-electron chi connectivity index (χ0n) is 17.9. The van der Waals surface area contributed by atoms with E-state index in [9.17, 15) is 10.1 Å². The average molecular weight is 466 g/mol. The predicted octanol–water partition coefficient (Wildman–Crippen LogP) is 2.29. The van der Waals surface area contributed by atoms with Crippen molar-refractivity contribution in [2.45, 2.75) is 35.9 Å². The number of H-pyrrole nitrogens is 1. The number of nitriles is 1. The van der Waals surface area contributed by atoms with Gasteiger partial charge in [-0.25, -0.2) is 9.97 Å². The van der Waals surface area contributed by atoms with Crippen molar-refractivity contribution < 1.29 is 14.3 Å². The number of nitrogens with one attached hydrogen (secondary N) is 2. The summed E-state index contributed by atoms with van der Waals surface area (Å²) in [5.74, 6) is 1.72. The van der Waals surface area contributed by atoms with Gasteiger partial charge < -0.3 is 23.9 Å². The van der Waals surface area contributed by atoms with Gasteiger partial charge in [0, 0.05) is 30.6 Å². The summed E-state index contributed by atoms with van der Waals surface area (Å²) in [5.41, 5.74) is 1.83. The number of benzene rings is 1. The summed E-state index contributed by atoms with van der Waals surface area (Å²) in [6.07, 6.45) is 5.53. The Morgan fingerprint density at radius 2 is 2.03 bits per heavy atom. The summed E-state index contributed by atoms with van der Waals surface area (Å²) in [6, 6.07) is 5.69. The molecular weight excluding hydrogens is 442 g/mol. The van der Waals surface area contributed by atoms with Gasteiger partial charge in [-0.2, -0.15) is 5.26 Å². The molecule has 0 bridgehead atoms. The molecule has 0 unspecified atom stereocenters. The third-order valence-corrected chi connectivity index (χ3v) is 6.99. The van der Waals surface area contributed by atoms with Gasteiger partial charge >= 0.3 is 0 Å². The Balaban J connectivity index is 1.38. The van der Waals surface area contributed by atoms with E-state index < -0.39 is 0 Å². The van der Waals surface area contributed by atoms with Crippen LogP contribution in [0.2, 0.25) is 0 Å². The SMILES string of the molecule is N#Cc1cc2c(cc1Sc1nc3c([nH]1)c(=N)ncn3CCC1CCN(C=O)CC1)OCCO2. The molecule has 2 aliphatic rings. The van der Waals surface area contributed by atoms with Crippen LogP contribution in [0.1, 0.15) is 24.8 Å². The number of rotatable bonds is 6. The maximum atomic E-state index is 10.9. The zero-order valence-corrected chi connectivity index (χ0v) is 18.7. The number of aromatic amines is 1. The Hall–Kier alpha value is -3.52. The van der Waals surface area contributed by atoms with Crippen molar-refractivity contribution in [3.63, 3.8) is 0 Å². The highest BCUT2D eigenvalue weighted by atomic mass is 32.2. The lowest BCUT2D eigenvalue weighted by atomic mass is 9.94. The molecule has 10 nitrogen and oxygen atoms in total. The standard InChI is InChI=1S/C22H23N7O3S/c23-11-15-9-16-17(32-8-7-31-16)10-18(15)33-22-26-19-20(24)25-12-29(21(19)27-22)6-3-14-1-4-28(13-30)5-2-14/h9-10,12-14,24H,1-8H2,(H,26,27). The van der Waals surface area contributed by atoms with E-state index in [0.29, 0.717) is 57.4 Å². The summed E-state index contributed by atoms with van der Waals surface area (Å²) in [5, 5.41) is 18.4. The van der Waals surface area contributed by atoms with Gasteiger partial charge in [0.25, 0.3) is 0 Å². The number of aryl methyl sites for hydroxylation is 1. The molecule has 5 rings (SSSR count). The Morgan fingerprint density at radius 3 is 2.76 bits per heavy atom. The van der Waals surface area contributed by atoms with Crippen LogP contribution in [-0.4, -0.2) is 57.1 Å². The molecule has 170 valence electrons. The van der Waals surface area contributed by atoms with Crippen LogP contribution in [-0.2, 0) is 11.3 Å². The number of nitrogens with zero attached hydrogens (tertiary/aromatic N) is 5. The minimum absolute atomic E-state index is 0.127. The number of amides is 1. The van der Waals surface area contributed by atoms with E-state index in [2.05, 4.69) is 16.0 Å². The van der Waals surface area contributed by atoms with E-state index in [1.807, 2.05) is 9.47 Å². The molecule has 11 heteroatoms. The lowest BCUT2D eigenvalue weighted by Gasteiger charge is -2.29. The fourth-order valence-corrected chi connectivity index (χ4v) is 5.06. The number of hydrogen-bond donors (Lipinski definition) is 2. The van der Waals surface area contributed by atoms with Crippen molar-refractivity contribution in [2.75, 3.05) is 26.3 Å². The normalized spacial score (nSPS) is 16.0. The lowest BCUT2D eigenvalue weighted by molar-refractivity contribution is -0.119. The molecule has 1 amide bonds. The van der Waals surface area contributed by atoms with Crippen LogP contribution in [0.3, 0.4) is 0 Å². The number of ether oxygens (including phenoxy) is 2. The summed E-state index contributed by atoms with van der Waals surface area (Å²) in [6.45, 7) is 3.27. The molecule has 1 fully saturated rings. The van der Waals surface area contributed by atoms with Gasteiger partial charge in [-0.1, -0.05) is 11.8 Å². The van der Waals surface area contributed by atoms with Crippen LogP contribution in [0.4, 0.5) is 0 Å². The first kappa shape index (κ1) is 21.3. The number of likely N-dealkylation sites (tertiary alicyclic amines) is 1. The molecule has 1 saturated heterocycles. The van der Waals surface area contributed by atoms with Crippen molar-refractivity contribution >= 4 is 29.3 Å². The molecule has 33 heavy (non-hydrogen) atoms. The maximum Gasteiger partial charge on any atom is 0.209 e. The van der Waals surface area contributed by atoms with E-state index in [0.717, 1.165) is 45.3 Å². The van der Waals surface area contributed by atoms with Gasteiger partial charge in [-0.05, 0) is 31.2 Å².